The van der Waals surface area contributed by atoms with Crippen LogP contribution in [0.25, 0.3) is 11.1 Å². The second kappa shape index (κ2) is 3.07. The van der Waals surface area contributed by atoms with Crippen LogP contribution in [0.3, 0.4) is 0 Å². The number of carbonyl (C=O) groups is 1. The van der Waals surface area contributed by atoms with Crippen LogP contribution in [0.4, 0.5) is 0 Å². The predicted octanol–water partition coefficient (Wildman–Crippen LogP) is 2.33. The Labute approximate surface area is 91.9 Å². The lowest BCUT2D eigenvalue weighted by Crippen LogP contribution is -2.42. The van der Waals surface area contributed by atoms with Crippen molar-refractivity contribution in [2.75, 3.05) is 0 Å². The Morgan fingerprint density at radius 3 is 2.94 bits per heavy atom. The molecule has 0 saturated heterocycles. The summed E-state index contributed by atoms with van der Waals surface area (Å²) in [4.78, 5) is 15.6. The number of hydrogen-bond acceptors (Lipinski definition) is 3. The van der Waals surface area contributed by atoms with Gasteiger partial charge in [-0.15, -0.1) is 0 Å². The van der Waals surface area contributed by atoms with Crippen molar-refractivity contribution < 1.29 is 14.3 Å². The summed E-state index contributed by atoms with van der Waals surface area (Å²) in [5.74, 6) is -0.771. The minimum atomic E-state index is -0.771. The number of carboxylic acids is 1. The minimum Gasteiger partial charge on any atom is -0.481 e. The van der Waals surface area contributed by atoms with Crippen molar-refractivity contribution in [2.45, 2.75) is 24.7 Å². The highest BCUT2D eigenvalue weighted by molar-refractivity contribution is 5.89. The van der Waals surface area contributed by atoms with E-state index < -0.39 is 11.4 Å². The zero-order valence-corrected chi connectivity index (χ0v) is 8.64. The fourth-order valence-corrected chi connectivity index (χ4v) is 2.33. The molecule has 1 aliphatic carbocycles. The standard InChI is InChI=1S/C12H11NO3/c14-11(15)12(4-2-5-12)8-7-16-9-3-1-6-13-10(8)9/h1,3,6-7H,2,4-5H2,(H,14,15). The molecule has 2 heterocycles. The Bertz CT molecular complexity index is 554. The highest BCUT2D eigenvalue weighted by Crippen LogP contribution is 2.46. The molecule has 82 valence electrons. The van der Waals surface area contributed by atoms with E-state index in [1.54, 1.807) is 24.6 Å². The highest BCUT2D eigenvalue weighted by atomic mass is 16.4. The lowest BCUT2D eigenvalue weighted by Gasteiger charge is -2.36. The summed E-state index contributed by atoms with van der Waals surface area (Å²) in [7, 11) is 0. The minimum absolute atomic E-state index is 0.657. The number of aliphatic carboxylic acids is 1. The molecule has 0 aromatic carbocycles. The molecule has 0 aliphatic heterocycles. The molecule has 4 nitrogen and oxygen atoms in total. The van der Waals surface area contributed by atoms with E-state index in [-0.39, 0.29) is 0 Å². The van der Waals surface area contributed by atoms with Crippen LogP contribution in [-0.2, 0) is 10.2 Å². The summed E-state index contributed by atoms with van der Waals surface area (Å²) in [6.07, 6.45) is 5.51. The molecule has 3 rings (SSSR count). The highest BCUT2D eigenvalue weighted by Gasteiger charge is 2.48. The maximum Gasteiger partial charge on any atom is 0.314 e. The van der Waals surface area contributed by atoms with Crippen molar-refractivity contribution in [1.82, 2.24) is 4.98 Å². The quantitative estimate of drug-likeness (QED) is 0.838. The average Bonchev–Trinajstić information content (AvgIpc) is 2.61. The topological polar surface area (TPSA) is 63.3 Å². The van der Waals surface area contributed by atoms with Gasteiger partial charge in [0.15, 0.2) is 5.58 Å². The largest absolute Gasteiger partial charge is 0.481 e. The Morgan fingerprint density at radius 1 is 1.50 bits per heavy atom. The second-order valence-corrected chi connectivity index (χ2v) is 4.24. The van der Waals surface area contributed by atoms with Crippen LogP contribution in [0.5, 0.6) is 0 Å². The molecule has 1 fully saturated rings. The van der Waals surface area contributed by atoms with Crippen LogP contribution < -0.4 is 0 Å². The number of fused-ring (bicyclic) bond motifs is 1. The number of hydrogen-bond donors (Lipinski definition) is 1. The lowest BCUT2D eigenvalue weighted by molar-refractivity contribution is -0.147. The molecule has 2 aromatic heterocycles. The summed E-state index contributed by atoms with van der Waals surface area (Å²) in [6.45, 7) is 0. The van der Waals surface area contributed by atoms with Gasteiger partial charge in [-0.3, -0.25) is 9.78 Å². The first-order valence-corrected chi connectivity index (χ1v) is 5.30. The monoisotopic (exact) mass is 217 g/mol. The van der Waals surface area contributed by atoms with Crippen molar-refractivity contribution in [3.63, 3.8) is 0 Å². The van der Waals surface area contributed by atoms with Crippen molar-refractivity contribution in [3.8, 4) is 0 Å². The number of rotatable bonds is 2. The molecule has 2 aromatic rings. The van der Waals surface area contributed by atoms with E-state index in [0.29, 0.717) is 23.9 Å². The maximum absolute atomic E-state index is 11.4. The van der Waals surface area contributed by atoms with Crippen molar-refractivity contribution in [1.29, 1.82) is 0 Å². The van der Waals surface area contributed by atoms with Gasteiger partial charge in [0.05, 0.1) is 11.7 Å². The number of carboxylic acid groups (broad SMARTS) is 1. The smallest absolute Gasteiger partial charge is 0.314 e. The van der Waals surface area contributed by atoms with Gasteiger partial charge in [0.1, 0.15) is 5.52 Å². The van der Waals surface area contributed by atoms with Gasteiger partial charge >= 0.3 is 5.97 Å². The summed E-state index contributed by atoms with van der Waals surface area (Å²) in [6, 6.07) is 3.59. The number of furan rings is 1. The van der Waals surface area contributed by atoms with E-state index in [4.69, 9.17) is 4.42 Å². The second-order valence-electron chi connectivity index (χ2n) is 4.24. The molecular weight excluding hydrogens is 206 g/mol. The third-order valence-corrected chi connectivity index (χ3v) is 3.46. The van der Waals surface area contributed by atoms with Crippen LogP contribution in [0.1, 0.15) is 24.8 Å². The molecule has 1 aliphatic rings. The van der Waals surface area contributed by atoms with Gasteiger partial charge in [0.2, 0.25) is 0 Å². The van der Waals surface area contributed by atoms with Gasteiger partial charge in [-0.05, 0) is 25.0 Å². The van der Waals surface area contributed by atoms with Gasteiger partial charge in [-0.25, -0.2) is 0 Å². The predicted molar refractivity (Wildman–Crippen MR) is 57.2 cm³/mol. The van der Waals surface area contributed by atoms with Gasteiger partial charge in [0.25, 0.3) is 0 Å². The summed E-state index contributed by atoms with van der Waals surface area (Å²) in [5, 5.41) is 9.35. The third kappa shape index (κ3) is 1.04. The van der Waals surface area contributed by atoms with Gasteiger partial charge in [-0.2, -0.15) is 0 Å². The zero-order chi connectivity index (χ0) is 11.2. The van der Waals surface area contributed by atoms with Crippen LogP contribution in [0.15, 0.2) is 29.0 Å². The molecule has 1 N–H and O–H groups in total. The van der Waals surface area contributed by atoms with Gasteiger partial charge in [-0.1, -0.05) is 6.42 Å². The molecule has 0 spiro atoms. The normalized spacial score (nSPS) is 18.2. The number of aromatic nitrogens is 1. The van der Waals surface area contributed by atoms with E-state index in [1.165, 1.54) is 0 Å². The molecule has 1 saturated carbocycles. The summed E-state index contributed by atoms with van der Waals surface area (Å²) in [5.41, 5.74) is 1.30. The Kier molecular flexibility index (Phi) is 1.80. The van der Waals surface area contributed by atoms with Crippen LogP contribution in [0.2, 0.25) is 0 Å². The summed E-state index contributed by atoms with van der Waals surface area (Å²) >= 11 is 0. The van der Waals surface area contributed by atoms with Crippen LogP contribution >= 0.6 is 0 Å². The first kappa shape index (κ1) is 9.39. The van der Waals surface area contributed by atoms with E-state index >= 15 is 0 Å². The van der Waals surface area contributed by atoms with Crippen molar-refractivity contribution >= 4 is 17.1 Å². The molecule has 16 heavy (non-hydrogen) atoms. The fraction of sp³-hybridized carbons (Fsp3) is 0.333. The Morgan fingerprint density at radius 2 is 2.31 bits per heavy atom. The molecule has 0 amide bonds. The fourth-order valence-electron chi connectivity index (χ4n) is 2.33. The number of nitrogens with zero attached hydrogens (tertiary/aromatic N) is 1. The lowest BCUT2D eigenvalue weighted by atomic mass is 9.65. The zero-order valence-electron chi connectivity index (χ0n) is 8.64. The first-order chi connectivity index (χ1) is 7.74. The molecule has 0 atom stereocenters. The molecular formula is C12H11NO3. The van der Waals surface area contributed by atoms with E-state index in [9.17, 15) is 9.90 Å². The van der Waals surface area contributed by atoms with Crippen LogP contribution in [-0.4, -0.2) is 16.1 Å². The molecule has 0 radical (unpaired) electrons. The number of pyridine rings is 1. The maximum atomic E-state index is 11.4. The van der Waals surface area contributed by atoms with E-state index in [1.807, 2.05) is 0 Å². The Hall–Kier alpha value is -1.84. The van der Waals surface area contributed by atoms with Gasteiger partial charge < -0.3 is 9.52 Å². The van der Waals surface area contributed by atoms with Crippen molar-refractivity contribution in [3.05, 3.63) is 30.2 Å². The third-order valence-electron chi connectivity index (χ3n) is 3.46. The van der Waals surface area contributed by atoms with Gasteiger partial charge in [0, 0.05) is 11.8 Å². The summed E-state index contributed by atoms with van der Waals surface area (Å²) < 4.78 is 5.36. The molecule has 0 unspecified atom stereocenters. The Balaban J connectivity index is 2.22. The SMILES string of the molecule is O=C(O)C1(c2coc3cccnc23)CCC1. The first-order valence-electron chi connectivity index (χ1n) is 5.30. The van der Waals surface area contributed by atoms with E-state index in [0.717, 1.165) is 12.0 Å². The molecule has 4 heteroatoms. The van der Waals surface area contributed by atoms with E-state index in [2.05, 4.69) is 4.98 Å². The molecule has 0 bridgehead atoms. The average molecular weight is 217 g/mol. The van der Waals surface area contributed by atoms with Crippen molar-refractivity contribution in [2.24, 2.45) is 0 Å². The van der Waals surface area contributed by atoms with Crippen LogP contribution in [0, 0.1) is 0 Å².